The van der Waals surface area contributed by atoms with Gasteiger partial charge in [0, 0.05) is 0 Å². The summed E-state index contributed by atoms with van der Waals surface area (Å²) in [5.41, 5.74) is 10.9. The number of nitrogens with two attached hydrogens (primary N) is 2. The minimum Gasteiger partial charge on any atom is -0.507 e. The average molecular weight is 230 g/mol. The van der Waals surface area contributed by atoms with Crippen LogP contribution in [0.5, 0.6) is 5.75 Å². The monoisotopic (exact) mass is 229 g/mol. The van der Waals surface area contributed by atoms with E-state index in [0.717, 1.165) is 0 Å². The maximum absolute atomic E-state index is 9.12. The highest BCUT2D eigenvalue weighted by Gasteiger charge is 1.97. The molecule has 1 aromatic rings. The number of aromatic hydroxyl groups is 1. The molecule has 0 aliphatic heterocycles. The summed E-state index contributed by atoms with van der Waals surface area (Å²) in [6.07, 6.45) is 0. The zero-order valence-electron chi connectivity index (χ0n) is 6.16. The molecule has 0 aliphatic rings. The van der Waals surface area contributed by atoms with E-state index < -0.39 is 0 Å². The topological polar surface area (TPSA) is 84.6 Å². The Bertz CT molecular complexity index is 320. The van der Waals surface area contributed by atoms with Gasteiger partial charge in [0.05, 0.1) is 10.2 Å². The first-order valence-corrected chi connectivity index (χ1v) is 3.97. The molecule has 0 spiro atoms. The highest BCUT2D eigenvalue weighted by molar-refractivity contribution is 9.10. The number of rotatable bonds is 1. The van der Waals surface area contributed by atoms with Crippen LogP contribution in [0.25, 0.3) is 0 Å². The van der Waals surface area contributed by atoms with Crippen molar-refractivity contribution in [2.24, 2.45) is 16.5 Å². The SMILES string of the molecule is NC(N)=Nc1ccc(O)c(Br)c1. The normalized spacial score (nSPS) is 9.42. The van der Waals surface area contributed by atoms with E-state index >= 15 is 0 Å². The van der Waals surface area contributed by atoms with Crippen molar-refractivity contribution in [1.29, 1.82) is 0 Å². The van der Waals surface area contributed by atoms with Crippen molar-refractivity contribution in [3.8, 4) is 5.75 Å². The predicted molar refractivity (Wildman–Crippen MR) is 51.3 cm³/mol. The van der Waals surface area contributed by atoms with Crippen molar-refractivity contribution >= 4 is 27.6 Å². The van der Waals surface area contributed by atoms with Gasteiger partial charge in [-0.25, -0.2) is 4.99 Å². The maximum Gasteiger partial charge on any atom is 0.191 e. The fourth-order valence-electron chi connectivity index (χ4n) is 0.714. The van der Waals surface area contributed by atoms with Crippen LogP contribution in [-0.2, 0) is 0 Å². The number of nitrogens with zero attached hydrogens (tertiary/aromatic N) is 1. The standard InChI is InChI=1S/C7H8BrN3O/c8-5-3-4(11-7(9)10)1-2-6(5)12/h1-3,12H,(H4,9,10,11). The molecular weight excluding hydrogens is 222 g/mol. The van der Waals surface area contributed by atoms with Crippen molar-refractivity contribution in [3.63, 3.8) is 0 Å². The number of hydrogen-bond acceptors (Lipinski definition) is 2. The molecule has 0 saturated carbocycles. The molecule has 4 nitrogen and oxygen atoms in total. The highest BCUT2D eigenvalue weighted by atomic mass is 79.9. The molecular formula is C7H8BrN3O. The van der Waals surface area contributed by atoms with Crippen molar-refractivity contribution in [3.05, 3.63) is 22.7 Å². The lowest BCUT2D eigenvalue weighted by atomic mass is 10.3. The van der Waals surface area contributed by atoms with Crippen LogP contribution in [-0.4, -0.2) is 11.1 Å². The number of phenols is 1. The summed E-state index contributed by atoms with van der Waals surface area (Å²) >= 11 is 3.14. The van der Waals surface area contributed by atoms with E-state index in [1.807, 2.05) is 0 Å². The van der Waals surface area contributed by atoms with Gasteiger partial charge in [-0.3, -0.25) is 0 Å². The number of aliphatic imine (C=N–C) groups is 1. The van der Waals surface area contributed by atoms with Crippen LogP contribution in [0.3, 0.4) is 0 Å². The molecule has 0 atom stereocenters. The Labute approximate surface area is 78.0 Å². The molecule has 12 heavy (non-hydrogen) atoms. The van der Waals surface area contributed by atoms with Gasteiger partial charge in [-0.05, 0) is 34.1 Å². The van der Waals surface area contributed by atoms with Crippen LogP contribution >= 0.6 is 15.9 Å². The molecule has 0 bridgehead atoms. The van der Waals surface area contributed by atoms with Crippen LogP contribution in [0.2, 0.25) is 0 Å². The lowest BCUT2D eigenvalue weighted by Gasteiger charge is -1.98. The molecule has 0 aliphatic carbocycles. The predicted octanol–water partition coefficient (Wildman–Crippen LogP) is 1.06. The Hall–Kier alpha value is -1.23. The maximum atomic E-state index is 9.12. The Morgan fingerprint density at radius 2 is 2.08 bits per heavy atom. The van der Waals surface area contributed by atoms with Gasteiger partial charge >= 0.3 is 0 Å². The summed E-state index contributed by atoms with van der Waals surface area (Å²) < 4.78 is 0.560. The third-order valence-corrected chi connectivity index (χ3v) is 1.82. The lowest BCUT2D eigenvalue weighted by Crippen LogP contribution is -2.21. The fourth-order valence-corrected chi connectivity index (χ4v) is 1.08. The van der Waals surface area contributed by atoms with Gasteiger partial charge in [0.1, 0.15) is 5.75 Å². The second kappa shape index (κ2) is 3.44. The van der Waals surface area contributed by atoms with E-state index in [-0.39, 0.29) is 11.7 Å². The third-order valence-electron chi connectivity index (χ3n) is 1.19. The van der Waals surface area contributed by atoms with E-state index in [9.17, 15) is 0 Å². The van der Waals surface area contributed by atoms with E-state index in [0.29, 0.717) is 10.2 Å². The second-order valence-electron chi connectivity index (χ2n) is 2.17. The van der Waals surface area contributed by atoms with Gasteiger partial charge in [0.25, 0.3) is 0 Å². The van der Waals surface area contributed by atoms with E-state index in [4.69, 9.17) is 16.6 Å². The molecule has 0 aromatic heterocycles. The first-order chi connectivity index (χ1) is 5.59. The minimum atomic E-state index is -0.00686. The summed E-state index contributed by atoms with van der Waals surface area (Å²) in [5, 5.41) is 9.12. The summed E-state index contributed by atoms with van der Waals surface area (Å²) in [7, 11) is 0. The van der Waals surface area contributed by atoms with E-state index in [1.165, 1.54) is 6.07 Å². The van der Waals surface area contributed by atoms with E-state index in [1.54, 1.807) is 12.1 Å². The molecule has 0 heterocycles. The molecule has 64 valence electrons. The molecule has 1 aromatic carbocycles. The third kappa shape index (κ3) is 2.13. The molecule has 5 heteroatoms. The van der Waals surface area contributed by atoms with Gasteiger partial charge in [0.15, 0.2) is 5.96 Å². The first-order valence-electron chi connectivity index (χ1n) is 3.18. The second-order valence-corrected chi connectivity index (χ2v) is 3.03. The number of hydrogen-bond donors (Lipinski definition) is 3. The Morgan fingerprint density at radius 3 is 2.58 bits per heavy atom. The Morgan fingerprint density at radius 1 is 1.42 bits per heavy atom. The summed E-state index contributed by atoms with van der Waals surface area (Å²) in [6, 6.07) is 4.74. The van der Waals surface area contributed by atoms with Crippen molar-refractivity contribution < 1.29 is 5.11 Å². The summed E-state index contributed by atoms with van der Waals surface area (Å²) in [4.78, 5) is 3.79. The summed E-state index contributed by atoms with van der Waals surface area (Å²) in [5.74, 6) is 0.150. The Balaban J connectivity index is 3.05. The van der Waals surface area contributed by atoms with E-state index in [2.05, 4.69) is 20.9 Å². The number of guanidine groups is 1. The van der Waals surface area contributed by atoms with Gasteiger partial charge < -0.3 is 16.6 Å². The molecule has 0 saturated heterocycles. The van der Waals surface area contributed by atoms with Crippen LogP contribution in [0, 0.1) is 0 Å². The van der Waals surface area contributed by atoms with Crippen LogP contribution in [0.4, 0.5) is 5.69 Å². The molecule has 0 fully saturated rings. The van der Waals surface area contributed by atoms with Gasteiger partial charge in [-0.15, -0.1) is 0 Å². The quantitative estimate of drug-likeness (QED) is 0.498. The highest BCUT2D eigenvalue weighted by Crippen LogP contribution is 2.27. The van der Waals surface area contributed by atoms with Gasteiger partial charge in [-0.1, -0.05) is 0 Å². The largest absolute Gasteiger partial charge is 0.507 e. The zero-order chi connectivity index (χ0) is 9.14. The van der Waals surface area contributed by atoms with Gasteiger partial charge in [-0.2, -0.15) is 0 Å². The Kier molecular flexibility index (Phi) is 2.54. The molecule has 1 rings (SSSR count). The number of halogens is 1. The van der Waals surface area contributed by atoms with Crippen molar-refractivity contribution in [2.45, 2.75) is 0 Å². The number of benzene rings is 1. The smallest absolute Gasteiger partial charge is 0.191 e. The number of phenolic OH excluding ortho intramolecular Hbond substituents is 1. The molecule has 0 amide bonds. The molecule has 5 N–H and O–H groups in total. The van der Waals surface area contributed by atoms with Crippen molar-refractivity contribution in [2.75, 3.05) is 0 Å². The molecule has 0 radical (unpaired) electrons. The van der Waals surface area contributed by atoms with Crippen LogP contribution < -0.4 is 11.5 Å². The molecule has 0 unspecified atom stereocenters. The minimum absolute atomic E-state index is 0.00686. The summed E-state index contributed by atoms with van der Waals surface area (Å²) in [6.45, 7) is 0. The first kappa shape index (κ1) is 8.86. The van der Waals surface area contributed by atoms with Crippen molar-refractivity contribution in [1.82, 2.24) is 0 Å². The van der Waals surface area contributed by atoms with Gasteiger partial charge in [0.2, 0.25) is 0 Å². The average Bonchev–Trinajstić information content (AvgIpc) is 1.96. The van der Waals surface area contributed by atoms with Crippen LogP contribution in [0.15, 0.2) is 27.7 Å². The lowest BCUT2D eigenvalue weighted by molar-refractivity contribution is 0.472. The van der Waals surface area contributed by atoms with Crippen LogP contribution in [0.1, 0.15) is 0 Å². The zero-order valence-corrected chi connectivity index (χ0v) is 7.75. The fraction of sp³-hybridized carbons (Fsp3) is 0.